The van der Waals surface area contributed by atoms with Crippen LogP contribution in [0.2, 0.25) is 0 Å². The Bertz CT molecular complexity index is 1700. The lowest BCUT2D eigenvalue weighted by Crippen LogP contribution is -2.32. The molecule has 1 aliphatic rings. The van der Waals surface area contributed by atoms with Gasteiger partial charge in [-0.2, -0.15) is 4.73 Å². The Labute approximate surface area is 253 Å². The van der Waals surface area contributed by atoms with Gasteiger partial charge in [-0.15, -0.1) is 0 Å². The van der Waals surface area contributed by atoms with Crippen molar-refractivity contribution in [1.29, 1.82) is 0 Å². The normalized spacial score (nSPS) is 18.4. The van der Waals surface area contributed by atoms with Crippen LogP contribution in [0.25, 0.3) is 11.0 Å². The van der Waals surface area contributed by atoms with E-state index in [9.17, 15) is 15.1 Å². The number of thioether (sulfide) groups is 1. The number of para-hydroxylation sites is 2. The lowest BCUT2D eigenvalue weighted by molar-refractivity contribution is -0.645. The molecule has 218 valence electrons. The number of aliphatic hydroxyl groups excluding tert-OH is 1. The summed E-state index contributed by atoms with van der Waals surface area (Å²) in [6, 6.07) is 28.2. The molecular weight excluding hydrogens is 564 g/mol. The minimum Gasteiger partial charge on any atom is -0.618 e. The van der Waals surface area contributed by atoms with Crippen molar-refractivity contribution in [3.63, 3.8) is 0 Å². The minimum atomic E-state index is -0.617. The molecule has 2 N–H and O–H groups in total. The van der Waals surface area contributed by atoms with E-state index in [2.05, 4.69) is 15.3 Å². The summed E-state index contributed by atoms with van der Waals surface area (Å²) in [6.07, 6.45) is 2.57. The summed E-state index contributed by atoms with van der Waals surface area (Å²) in [6.45, 7) is 0.302. The Hall–Kier alpha value is -4.35. The molecule has 43 heavy (non-hydrogen) atoms. The average Bonchev–Trinajstić information content (AvgIpc) is 3.06. The Morgan fingerprint density at radius 2 is 1.65 bits per heavy atom. The molecule has 0 radical (unpaired) electrons. The molecule has 0 aliphatic carbocycles. The fourth-order valence-corrected chi connectivity index (χ4v) is 5.79. The third-order valence-corrected chi connectivity index (χ3v) is 8.36. The number of carbonyl (C=O) groups excluding carboxylic acids is 1. The van der Waals surface area contributed by atoms with E-state index in [1.807, 2.05) is 78.9 Å². The van der Waals surface area contributed by atoms with Crippen molar-refractivity contribution in [3.05, 3.63) is 137 Å². The van der Waals surface area contributed by atoms with Crippen LogP contribution in [0.1, 0.15) is 51.6 Å². The van der Waals surface area contributed by atoms with Crippen molar-refractivity contribution in [3.8, 4) is 0 Å². The van der Waals surface area contributed by atoms with E-state index < -0.39 is 6.29 Å². The highest BCUT2D eigenvalue weighted by molar-refractivity contribution is 7.99. The van der Waals surface area contributed by atoms with Gasteiger partial charge < -0.3 is 25.1 Å². The van der Waals surface area contributed by atoms with E-state index in [4.69, 9.17) is 9.47 Å². The van der Waals surface area contributed by atoms with Crippen molar-refractivity contribution in [2.24, 2.45) is 0 Å². The van der Waals surface area contributed by atoms with Crippen molar-refractivity contribution in [1.82, 2.24) is 15.3 Å². The molecular formula is C33H30N4O5S. The number of aliphatic hydroxyl groups is 1. The Balaban J connectivity index is 1.13. The SMILES string of the molecule is O=C(NCc1ccc([C@H]2O[C@@H](CSc3cccc[n+]3[O-])C[C@@H](c3ccc(CO)cc3)O2)cc1)c1cnc2ccccc2n1. The van der Waals surface area contributed by atoms with E-state index >= 15 is 0 Å². The van der Waals surface area contributed by atoms with E-state index in [0.717, 1.165) is 32.5 Å². The molecule has 0 bridgehead atoms. The van der Waals surface area contributed by atoms with Gasteiger partial charge in [-0.05, 0) is 34.9 Å². The van der Waals surface area contributed by atoms with Crippen LogP contribution in [-0.2, 0) is 22.6 Å². The fourth-order valence-electron chi connectivity index (χ4n) is 4.86. The first-order chi connectivity index (χ1) is 21.1. The third kappa shape index (κ3) is 7.00. The maximum Gasteiger partial charge on any atom is 0.271 e. The van der Waals surface area contributed by atoms with E-state index in [0.29, 0.717) is 29.3 Å². The number of carbonyl (C=O) groups is 1. The molecule has 3 aromatic carbocycles. The lowest BCUT2D eigenvalue weighted by atomic mass is 10.0. The summed E-state index contributed by atoms with van der Waals surface area (Å²) >= 11 is 1.45. The highest BCUT2D eigenvalue weighted by Gasteiger charge is 2.32. The molecule has 9 nitrogen and oxygen atoms in total. The van der Waals surface area contributed by atoms with Crippen LogP contribution in [0.5, 0.6) is 0 Å². The molecule has 0 unspecified atom stereocenters. The summed E-state index contributed by atoms with van der Waals surface area (Å²) in [5.74, 6) is 0.286. The van der Waals surface area contributed by atoms with E-state index in [-0.39, 0.29) is 30.4 Å². The number of nitrogens with zero attached hydrogens (tertiary/aromatic N) is 3. The van der Waals surface area contributed by atoms with Gasteiger partial charge in [0.1, 0.15) is 5.69 Å². The standard InChI is InChI=1S/C33H30N4O5S/c38-20-23-10-12-24(13-11-23)30-17-26(21-43-31-7-3-4-16-37(31)40)41-33(42-30)25-14-8-22(9-15-25)18-35-32(39)29-19-34-27-5-1-2-6-28(27)36-29/h1-16,19,26,30,33,38H,17-18,20-21H2,(H,35,39)/t26-,30+,33+/m1/s1. The molecule has 1 saturated heterocycles. The molecule has 0 spiro atoms. The molecule has 6 rings (SSSR count). The fraction of sp³-hybridized carbons (Fsp3) is 0.212. The van der Waals surface area contributed by atoms with Gasteiger partial charge in [-0.3, -0.25) is 9.78 Å². The molecule has 1 amide bonds. The summed E-state index contributed by atoms with van der Waals surface area (Å²) < 4.78 is 13.7. The molecule has 2 aromatic heterocycles. The first kappa shape index (κ1) is 28.8. The van der Waals surface area contributed by atoms with Crippen LogP contribution in [0, 0.1) is 5.21 Å². The Morgan fingerprint density at radius 3 is 2.42 bits per heavy atom. The van der Waals surface area contributed by atoms with Crippen molar-refractivity contribution >= 4 is 28.7 Å². The quantitative estimate of drug-likeness (QED) is 0.139. The minimum absolute atomic E-state index is 0.0223. The number of aromatic nitrogens is 3. The van der Waals surface area contributed by atoms with Gasteiger partial charge >= 0.3 is 0 Å². The second-order valence-corrected chi connectivity index (χ2v) is 11.2. The molecule has 0 saturated carbocycles. The highest BCUT2D eigenvalue weighted by atomic mass is 32.2. The number of hydrogen-bond acceptors (Lipinski definition) is 8. The van der Waals surface area contributed by atoms with E-state index in [1.54, 1.807) is 12.1 Å². The zero-order valence-electron chi connectivity index (χ0n) is 23.2. The predicted molar refractivity (Wildman–Crippen MR) is 162 cm³/mol. The summed E-state index contributed by atoms with van der Waals surface area (Å²) in [5, 5.41) is 25.1. The van der Waals surface area contributed by atoms with Crippen molar-refractivity contribution < 1.29 is 24.1 Å². The first-order valence-corrected chi connectivity index (χ1v) is 14.9. The second kappa shape index (κ2) is 13.3. The lowest BCUT2D eigenvalue weighted by Gasteiger charge is -2.36. The number of hydrogen-bond donors (Lipinski definition) is 2. The maximum atomic E-state index is 12.7. The van der Waals surface area contributed by atoms with Gasteiger partial charge in [0.15, 0.2) is 12.5 Å². The molecule has 1 fully saturated rings. The van der Waals surface area contributed by atoms with Crippen LogP contribution in [0.4, 0.5) is 0 Å². The third-order valence-electron chi connectivity index (χ3n) is 7.21. The molecule has 3 atom stereocenters. The van der Waals surface area contributed by atoms with Gasteiger partial charge in [-0.1, -0.05) is 72.4 Å². The number of ether oxygens (including phenoxy) is 2. The van der Waals surface area contributed by atoms with Crippen LogP contribution in [-0.4, -0.2) is 32.8 Å². The number of fused-ring (bicyclic) bond motifs is 1. The predicted octanol–water partition coefficient (Wildman–Crippen LogP) is 5.02. The highest BCUT2D eigenvalue weighted by Crippen LogP contribution is 2.39. The molecule has 5 aromatic rings. The zero-order valence-corrected chi connectivity index (χ0v) is 24.0. The van der Waals surface area contributed by atoms with Gasteiger partial charge in [-0.25, -0.2) is 4.98 Å². The van der Waals surface area contributed by atoms with Crippen LogP contribution in [0.3, 0.4) is 0 Å². The largest absolute Gasteiger partial charge is 0.618 e. The number of nitrogens with one attached hydrogen (secondary N) is 1. The van der Waals surface area contributed by atoms with Gasteiger partial charge in [0.2, 0.25) is 0 Å². The van der Waals surface area contributed by atoms with E-state index in [1.165, 1.54) is 24.2 Å². The van der Waals surface area contributed by atoms with Gasteiger partial charge in [0, 0.05) is 36.4 Å². The maximum absolute atomic E-state index is 12.7. The Kier molecular flexibility index (Phi) is 8.90. The van der Waals surface area contributed by atoms with Crippen molar-refractivity contribution in [2.75, 3.05) is 5.75 Å². The number of rotatable bonds is 9. The first-order valence-electron chi connectivity index (χ1n) is 14.0. The number of amides is 1. The van der Waals surface area contributed by atoms with Crippen LogP contribution < -0.4 is 10.0 Å². The smallest absolute Gasteiger partial charge is 0.271 e. The summed E-state index contributed by atoms with van der Waals surface area (Å²) in [7, 11) is 0. The molecule has 3 heterocycles. The van der Waals surface area contributed by atoms with Gasteiger partial charge in [0.25, 0.3) is 10.9 Å². The Morgan fingerprint density at radius 1 is 0.930 bits per heavy atom. The van der Waals surface area contributed by atoms with Gasteiger partial charge in [0.05, 0.1) is 36.0 Å². The van der Waals surface area contributed by atoms with Crippen LogP contribution in [0.15, 0.2) is 108 Å². The number of pyridine rings is 1. The molecule has 1 aliphatic heterocycles. The average molecular weight is 595 g/mol. The molecule has 10 heteroatoms. The topological polar surface area (TPSA) is 121 Å². The second-order valence-electron chi connectivity index (χ2n) is 10.2. The van der Waals surface area contributed by atoms with Crippen molar-refractivity contribution in [2.45, 2.75) is 43.1 Å². The summed E-state index contributed by atoms with van der Waals surface area (Å²) in [4.78, 5) is 21.4. The number of benzene rings is 3. The zero-order chi connectivity index (χ0) is 29.6. The summed E-state index contributed by atoms with van der Waals surface area (Å²) in [5.41, 5.74) is 5.26. The monoisotopic (exact) mass is 594 g/mol. The van der Waals surface area contributed by atoms with Crippen LogP contribution >= 0.6 is 11.8 Å².